The first-order valence-corrected chi connectivity index (χ1v) is 8.27. The molecule has 2 aromatic carbocycles. The Morgan fingerprint density at radius 1 is 1.21 bits per heavy atom. The summed E-state index contributed by atoms with van der Waals surface area (Å²) in [6.07, 6.45) is 1.69. The van der Waals surface area contributed by atoms with Crippen molar-refractivity contribution >= 4 is 51.7 Å². The fourth-order valence-corrected chi connectivity index (χ4v) is 3.60. The number of carbonyl (C=O) groups is 1. The molecule has 0 atom stereocenters. The normalized spacial score (nSPS) is 16.0. The number of amides is 1. The third-order valence-electron chi connectivity index (χ3n) is 3.46. The molecule has 24 heavy (non-hydrogen) atoms. The Morgan fingerprint density at radius 2 is 1.92 bits per heavy atom. The van der Waals surface area contributed by atoms with Gasteiger partial charge in [-0.2, -0.15) is 0 Å². The second-order valence-electron chi connectivity index (χ2n) is 5.20. The Labute approximate surface area is 148 Å². The molecule has 0 saturated carbocycles. The zero-order chi connectivity index (χ0) is 17.3. The van der Waals surface area contributed by atoms with Crippen molar-refractivity contribution in [3.05, 3.63) is 74.7 Å². The zero-order valence-electron chi connectivity index (χ0n) is 12.6. The van der Waals surface area contributed by atoms with E-state index in [0.29, 0.717) is 14.8 Å². The van der Waals surface area contributed by atoms with Gasteiger partial charge >= 0.3 is 0 Å². The van der Waals surface area contributed by atoms with E-state index >= 15 is 0 Å². The van der Waals surface area contributed by atoms with Gasteiger partial charge in [0.1, 0.15) is 0 Å². The van der Waals surface area contributed by atoms with Crippen molar-refractivity contribution in [2.45, 2.75) is 6.92 Å². The molecular formula is C17H12N2O3S2. The van der Waals surface area contributed by atoms with Crippen molar-refractivity contribution in [1.29, 1.82) is 0 Å². The van der Waals surface area contributed by atoms with Gasteiger partial charge in [0.25, 0.3) is 11.6 Å². The number of non-ortho nitro benzene ring substituents is 1. The number of thioether (sulfide) groups is 1. The summed E-state index contributed by atoms with van der Waals surface area (Å²) in [4.78, 5) is 24.9. The molecule has 1 aliphatic rings. The summed E-state index contributed by atoms with van der Waals surface area (Å²) >= 11 is 6.55. The maximum absolute atomic E-state index is 12.6. The maximum atomic E-state index is 12.6. The van der Waals surface area contributed by atoms with Gasteiger partial charge in [-0.1, -0.05) is 36.1 Å². The number of hydrogen-bond donors (Lipinski definition) is 0. The number of hydrogen-bond acceptors (Lipinski definition) is 5. The fourth-order valence-electron chi connectivity index (χ4n) is 2.30. The van der Waals surface area contributed by atoms with E-state index in [2.05, 4.69) is 0 Å². The van der Waals surface area contributed by atoms with Gasteiger partial charge in [0.05, 0.1) is 15.5 Å². The lowest BCUT2D eigenvalue weighted by Gasteiger charge is -2.14. The van der Waals surface area contributed by atoms with Crippen LogP contribution in [0.4, 0.5) is 11.4 Å². The predicted molar refractivity (Wildman–Crippen MR) is 99.9 cm³/mol. The number of benzene rings is 2. The number of carbonyl (C=O) groups excluding carboxylic acids is 1. The number of nitrogens with zero attached hydrogens (tertiary/aromatic N) is 2. The van der Waals surface area contributed by atoms with Crippen molar-refractivity contribution in [2.75, 3.05) is 4.90 Å². The molecule has 5 nitrogen and oxygen atoms in total. The summed E-state index contributed by atoms with van der Waals surface area (Å²) in [5.41, 5.74) is 2.51. The van der Waals surface area contributed by atoms with Crippen LogP contribution in [-0.2, 0) is 4.79 Å². The van der Waals surface area contributed by atoms with Crippen LogP contribution in [0.15, 0.2) is 53.4 Å². The highest BCUT2D eigenvalue weighted by Crippen LogP contribution is 2.36. The summed E-state index contributed by atoms with van der Waals surface area (Å²) in [5.74, 6) is -0.186. The zero-order valence-corrected chi connectivity index (χ0v) is 14.3. The molecule has 1 aliphatic heterocycles. The third-order valence-corrected chi connectivity index (χ3v) is 4.76. The molecule has 1 fully saturated rings. The van der Waals surface area contributed by atoms with E-state index < -0.39 is 4.92 Å². The van der Waals surface area contributed by atoms with E-state index in [1.807, 2.05) is 31.2 Å². The average Bonchev–Trinajstić information content (AvgIpc) is 2.82. The molecule has 0 aromatic heterocycles. The van der Waals surface area contributed by atoms with Crippen LogP contribution < -0.4 is 4.90 Å². The Balaban J connectivity index is 1.89. The fraction of sp³-hybridized carbons (Fsp3) is 0.0588. The quantitative estimate of drug-likeness (QED) is 0.355. The van der Waals surface area contributed by atoms with Gasteiger partial charge in [0, 0.05) is 12.1 Å². The largest absolute Gasteiger partial charge is 0.270 e. The number of aryl methyl sites for hydroxylation is 1. The lowest BCUT2D eigenvalue weighted by atomic mass is 10.2. The molecule has 2 aromatic rings. The summed E-state index contributed by atoms with van der Waals surface area (Å²) in [5, 5.41) is 10.7. The number of rotatable bonds is 3. The highest BCUT2D eigenvalue weighted by Gasteiger charge is 2.33. The molecule has 0 N–H and O–H groups in total. The number of thiocarbonyl (C=S) groups is 1. The van der Waals surface area contributed by atoms with Crippen LogP contribution in [-0.4, -0.2) is 15.2 Å². The Hall–Kier alpha value is -2.51. The van der Waals surface area contributed by atoms with Crippen LogP contribution >= 0.6 is 24.0 Å². The van der Waals surface area contributed by atoms with Gasteiger partial charge in [-0.3, -0.25) is 19.8 Å². The van der Waals surface area contributed by atoms with Gasteiger partial charge in [0.2, 0.25) is 0 Å². The number of anilines is 1. The lowest BCUT2D eigenvalue weighted by molar-refractivity contribution is -0.384. The van der Waals surface area contributed by atoms with Crippen molar-refractivity contribution in [3.63, 3.8) is 0 Å². The molecule has 1 amide bonds. The van der Waals surface area contributed by atoms with E-state index in [1.165, 1.54) is 28.8 Å². The van der Waals surface area contributed by atoms with Gasteiger partial charge in [0.15, 0.2) is 4.32 Å². The molecule has 1 heterocycles. The first-order chi connectivity index (χ1) is 11.5. The van der Waals surface area contributed by atoms with E-state index in [9.17, 15) is 14.9 Å². The number of nitro benzene ring substituents is 1. The Kier molecular flexibility index (Phi) is 4.46. The second-order valence-corrected chi connectivity index (χ2v) is 6.88. The van der Waals surface area contributed by atoms with Crippen LogP contribution in [0.25, 0.3) is 6.08 Å². The highest BCUT2D eigenvalue weighted by molar-refractivity contribution is 8.27. The average molecular weight is 356 g/mol. The smallest absolute Gasteiger partial charge is 0.268 e. The van der Waals surface area contributed by atoms with Crippen molar-refractivity contribution in [3.8, 4) is 0 Å². The molecule has 120 valence electrons. The third kappa shape index (κ3) is 3.22. The Morgan fingerprint density at radius 3 is 2.54 bits per heavy atom. The molecule has 0 unspecified atom stereocenters. The van der Waals surface area contributed by atoms with Crippen molar-refractivity contribution in [1.82, 2.24) is 0 Å². The summed E-state index contributed by atoms with van der Waals surface area (Å²) in [6, 6.07) is 13.6. The first kappa shape index (κ1) is 16.4. The van der Waals surface area contributed by atoms with Crippen LogP contribution in [0.2, 0.25) is 0 Å². The first-order valence-electron chi connectivity index (χ1n) is 7.05. The van der Waals surface area contributed by atoms with Crippen LogP contribution in [0.3, 0.4) is 0 Å². The summed E-state index contributed by atoms with van der Waals surface area (Å²) < 4.78 is 0.471. The van der Waals surface area contributed by atoms with Gasteiger partial charge in [-0.05, 0) is 48.4 Å². The van der Waals surface area contributed by atoms with Gasteiger partial charge in [-0.15, -0.1) is 0 Å². The topological polar surface area (TPSA) is 63.5 Å². The van der Waals surface area contributed by atoms with Crippen LogP contribution in [0, 0.1) is 17.0 Å². The molecule has 0 bridgehead atoms. The molecular weight excluding hydrogens is 344 g/mol. The standard InChI is InChI=1S/C17H12N2O3S2/c1-11-3-2-4-14(9-11)18-16(20)15(24-17(18)23)10-12-5-7-13(8-6-12)19(21)22/h2-10H,1H3/b15-10+. The molecule has 3 rings (SSSR count). The molecule has 0 aliphatic carbocycles. The van der Waals surface area contributed by atoms with Gasteiger partial charge in [-0.25, -0.2) is 0 Å². The summed E-state index contributed by atoms with van der Waals surface area (Å²) in [7, 11) is 0. The van der Waals surface area contributed by atoms with Crippen LogP contribution in [0.5, 0.6) is 0 Å². The lowest BCUT2D eigenvalue weighted by Crippen LogP contribution is -2.27. The van der Waals surface area contributed by atoms with Crippen molar-refractivity contribution < 1.29 is 9.72 Å². The minimum atomic E-state index is -0.457. The minimum absolute atomic E-state index is 0.0134. The molecule has 0 radical (unpaired) electrons. The van der Waals surface area contributed by atoms with E-state index in [4.69, 9.17) is 12.2 Å². The van der Waals surface area contributed by atoms with E-state index in [0.717, 1.165) is 11.3 Å². The van der Waals surface area contributed by atoms with Crippen molar-refractivity contribution in [2.24, 2.45) is 0 Å². The SMILES string of the molecule is Cc1cccc(N2C(=O)/C(=C\c3ccc([N+](=O)[O-])cc3)SC2=S)c1. The van der Waals surface area contributed by atoms with Crippen LogP contribution in [0.1, 0.15) is 11.1 Å². The van der Waals surface area contributed by atoms with E-state index in [1.54, 1.807) is 18.2 Å². The highest BCUT2D eigenvalue weighted by atomic mass is 32.2. The second kappa shape index (κ2) is 6.54. The summed E-state index contributed by atoms with van der Waals surface area (Å²) in [6.45, 7) is 1.95. The predicted octanol–water partition coefficient (Wildman–Crippen LogP) is 4.31. The molecule has 1 saturated heterocycles. The molecule has 7 heteroatoms. The monoisotopic (exact) mass is 356 g/mol. The van der Waals surface area contributed by atoms with Gasteiger partial charge < -0.3 is 0 Å². The molecule has 0 spiro atoms. The Bertz CT molecular complexity index is 876. The maximum Gasteiger partial charge on any atom is 0.270 e. The minimum Gasteiger partial charge on any atom is -0.268 e. The van der Waals surface area contributed by atoms with E-state index in [-0.39, 0.29) is 11.6 Å². The number of nitro groups is 1.